The van der Waals surface area contributed by atoms with Gasteiger partial charge in [0.1, 0.15) is 5.60 Å². The van der Waals surface area contributed by atoms with E-state index in [4.69, 9.17) is 4.74 Å². The van der Waals surface area contributed by atoms with Crippen LogP contribution in [0.1, 0.15) is 46.5 Å². The Morgan fingerprint density at radius 1 is 1.10 bits per heavy atom. The van der Waals surface area contributed by atoms with Gasteiger partial charge in [-0.3, -0.25) is 4.90 Å². The molecule has 0 aromatic heterocycles. The van der Waals surface area contributed by atoms with Crippen LogP contribution in [0.15, 0.2) is 0 Å². The second kappa shape index (κ2) is 6.31. The molecule has 5 nitrogen and oxygen atoms in total. The van der Waals surface area contributed by atoms with Gasteiger partial charge in [0.2, 0.25) is 0 Å². The molecule has 0 bridgehead atoms. The average Bonchev–Trinajstić information content (AvgIpc) is 2.37. The molecule has 1 saturated carbocycles. The molecule has 0 aromatic carbocycles. The van der Waals surface area contributed by atoms with E-state index in [9.17, 15) is 9.90 Å². The van der Waals surface area contributed by atoms with Gasteiger partial charge in [-0.1, -0.05) is 12.8 Å². The smallest absolute Gasteiger partial charge is 0.410 e. The summed E-state index contributed by atoms with van der Waals surface area (Å²) < 4.78 is 5.40. The first kappa shape index (κ1) is 15.6. The lowest BCUT2D eigenvalue weighted by atomic mass is 9.91. The van der Waals surface area contributed by atoms with Crippen molar-refractivity contribution in [1.82, 2.24) is 9.80 Å². The summed E-state index contributed by atoms with van der Waals surface area (Å²) in [5.74, 6) is 0. The average molecular weight is 284 g/mol. The van der Waals surface area contributed by atoms with Crippen LogP contribution in [0, 0.1) is 0 Å². The summed E-state index contributed by atoms with van der Waals surface area (Å²) in [6, 6.07) is 0.282. The first-order valence-electron chi connectivity index (χ1n) is 7.77. The number of nitrogens with zero attached hydrogens (tertiary/aromatic N) is 2. The largest absolute Gasteiger partial charge is 0.444 e. The summed E-state index contributed by atoms with van der Waals surface area (Å²) >= 11 is 0. The molecule has 0 unspecified atom stereocenters. The van der Waals surface area contributed by atoms with Crippen LogP contribution in [0.25, 0.3) is 0 Å². The summed E-state index contributed by atoms with van der Waals surface area (Å²) in [6.45, 7) is 8.72. The van der Waals surface area contributed by atoms with Gasteiger partial charge in [0, 0.05) is 32.2 Å². The van der Waals surface area contributed by atoms with E-state index in [0.29, 0.717) is 13.1 Å². The van der Waals surface area contributed by atoms with Gasteiger partial charge in [0.15, 0.2) is 0 Å². The van der Waals surface area contributed by atoms with Gasteiger partial charge in [-0.15, -0.1) is 0 Å². The second-order valence-electron chi connectivity index (χ2n) is 6.92. The number of carbonyl (C=O) groups excluding carboxylic acids is 1. The number of aliphatic hydroxyl groups is 1. The van der Waals surface area contributed by atoms with Crippen molar-refractivity contribution in [2.45, 2.75) is 64.2 Å². The van der Waals surface area contributed by atoms with Crippen molar-refractivity contribution in [2.75, 3.05) is 26.2 Å². The molecule has 0 aromatic rings. The van der Waals surface area contributed by atoms with Crippen molar-refractivity contribution in [3.8, 4) is 0 Å². The minimum Gasteiger partial charge on any atom is -0.444 e. The number of rotatable bonds is 1. The highest BCUT2D eigenvalue weighted by Gasteiger charge is 2.32. The predicted octanol–water partition coefficient (Wildman–Crippen LogP) is 1.84. The summed E-state index contributed by atoms with van der Waals surface area (Å²) in [5.41, 5.74) is -0.437. The van der Waals surface area contributed by atoms with Gasteiger partial charge in [-0.25, -0.2) is 4.79 Å². The molecule has 1 aliphatic heterocycles. The predicted molar refractivity (Wildman–Crippen MR) is 77.6 cm³/mol. The van der Waals surface area contributed by atoms with Crippen molar-refractivity contribution >= 4 is 6.09 Å². The van der Waals surface area contributed by atoms with Crippen LogP contribution in [-0.4, -0.2) is 64.9 Å². The normalized spacial score (nSPS) is 29.3. The molecule has 1 aliphatic carbocycles. The Kier molecular flexibility index (Phi) is 4.91. The third kappa shape index (κ3) is 4.09. The van der Waals surface area contributed by atoms with Crippen molar-refractivity contribution < 1.29 is 14.6 Å². The van der Waals surface area contributed by atoms with Gasteiger partial charge in [-0.05, 0) is 33.6 Å². The van der Waals surface area contributed by atoms with E-state index >= 15 is 0 Å². The molecule has 2 atom stereocenters. The Morgan fingerprint density at radius 3 is 2.25 bits per heavy atom. The quantitative estimate of drug-likeness (QED) is 0.798. The fourth-order valence-corrected chi connectivity index (χ4v) is 3.08. The first-order chi connectivity index (χ1) is 9.37. The lowest BCUT2D eigenvalue weighted by Crippen LogP contribution is -2.56. The Hall–Kier alpha value is -0.810. The number of amides is 1. The number of hydrogen-bond acceptors (Lipinski definition) is 4. The third-order valence-electron chi connectivity index (χ3n) is 4.13. The summed E-state index contributed by atoms with van der Waals surface area (Å²) in [5, 5.41) is 10.1. The van der Waals surface area contributed by atoms with E-state index in [1.165, 1.54) is 6.42 Å². The molecule has 1 N–H and O–H groups in total. The highest BCUT2D eigenvalue weighted by Crippen LogP contribution is 2.24. The van der Waals surface area contributed by atoms with E-state index < -0.39 is 5.60 Å². The van der Waals surface area contributed by atoms with Crippen molar-refractivity contribution in [1.29, 1.82) is 0 Å². The molecule has 2 fully saturated rings. The Labute approximate surface area is 121 Å². The number of hydrogen-bond donors (Lipinski definition) is 1. The van der Waals surface area contributed by atoms with Gasteiger partial charge in [0.25, 0.3) is 0 Å². The molecule has 1 saturated heterocycles. The van der Waals surface area contributed by atoms with Crippen LogP contribution in [0.3, 0.4) is 0 Å². The topological polar surface area (TPSA) is 53.0 Å². The number of aliphatic hydroxyl groups excluding tert-OH is 1. The maximum Gasteiger partial charge on any atom is 0.410 e. The second-order valence-corrected chi connectivity index (χ2v) is 6.92. The van der Waals surface area contributed by atoms with Gasteiger partial charge < -0.3 is 14.7 Å². The molecular weight excluding hydrogens is 256 g/mol. The highest BCUT2D eigenvalue weighted by atomic mass is 16.6. The molecular formula is C15H28N2O3. The molecule has 1 heterocycles. The molecule has 1 amide bonds. The fourth-order valence-electron chi connectivity index (χ4n) is 3.08. The highest BCUT2D eigenvalue weighted by molar-refractivity contribution is 5.68. The summed E-state index contributed by atoms with van der Waals surface area (Å²) in [6.07, 6.45) is 3.91. The number of ether oxygens (including phenoxy) is 1. The van der Waals surface area contributed by atoms with Gasteiger partial charge >= 0.3 is 6.09 Å². The maximum atomic E-state index is 12.0. The molecule has 2 aliphatic rings. The first-order valence-corrected chi connectivity index (χ1v) is 7.77. The standard InChI is InChI=1S/C15H28N2O3/c1-15(2,3)20-14(19)17-10-8-16(9-11-17)12-6-4-5-7-13(12)18/h12-13,18H,4-11H2,1-3H3/t12-,13+/m1/s1. The van der Waals surface area contributed by atoms with E-state index in [0.717, 1.165) is 32.4 Å². The van der Waals surface area contributed by atoms with Crippen LogP contribution in [0.2, 0.25) is 0 Å². The van der Waals surface area contributed by atoms with Crippen LogP contribution in [-0.2, 0) is 4.74 Å². The molecule has 0 spiro atoms. The van der Waals surface area contributed by atoms with Crippen LogP contribution in [0.5, 0.6) is 0 Å². The van der Waals surface area contributed by atoms with Crippen molar-refractivity contribution in [3.63, 3.8) is 0 Å². The van der Waals surface area contributed by atoms with Crippen LogP contribution < -0.4 is 0 Å². The van der Waals surface area contributed by atoms with Gasteiger partial charge in [-0.2, -0.15) is 0 Å². The minimum absolute atomic E-state index is 0.197. The number of piperazine rings is 1. The number of carbonyl (C=O) groups is 1. The van der Waals surface area contributed by atoms with Crippen molar-refractivity contribution in [3.05, 3.63) is 0 Å². The van der Waals surface area contributed by atoms with Crippen LogP contribution in [0.4, 0.5) is 4.79 Å². The molecule has 5 heteroatoms. The SMILES string of the molecule is CC(C)(C)OC(=O)N1CCN([C@@H]2CCCC[C@@H]2O)CC1. The summed E-state index contributed by atoms with van der Waals surface area (Å²) in [4.78, 5) is 16.1. The molecule has 0 radical (unpaired) electrons. The Bertz CT molecular complexity index is 333. The van der Waals surface area contributed by atoms with Crippen LogP contribution >= 0.6 is 0 Å². The van der Waals surface area contributed by atoms with E-state index in [2.05, 4.69) is 4.90 Å². The maximum absolute atomic E-state index is 12.0. The van der Waals surface area contributed by atoms with E-state index in [1.54, 1.807) is 4.90 Å². The fraction of sp³-hybridized carbons (Fsp3) is 0.933. The van der Waals surface area contributed by atoms with Crippen molar-refractivity contribution in [2.24, 2.45) is 0 Å². The third-order valence-corrected chi connectivity index (χ3v) is 4.13. The zero-order valence-corrected chi connectivity index (χ0v) is 13.0. The van der Waals surface area contributed by atoms with E-state index in [1.807, 2.05) is 20.8 Å². The lowest BCUT2D eigenvalue weighted by Gasteiger charge is -2.42. The zero-order valence-electron chi connectivity index (χ0n) is 13.0. The Balaban J connectivity index is 1.81. The summed E-state index contributed by atoms with van der Waals surface area (Å²) in [7, 11) is 0. The lowest BCUT2D eigenvalue weighted by molar-refractivity contribution is -0.0161. The Morgan fingerprint density at radius 2 is 1.70 bits per heavy atom. The van der Waals surface area contributed by atoms with Gasteiger partial charge in [0.05, 0.1) is 6.10 Å². The van der Waals surface area contributed by atoms with E-state index in [-0.39, 0.29) is 18.2 Å². The molecule has 116 valence electrons. The minimum atomic E-state index is -0.437. The monoisotopic (exact) mass is 284 g/mol. The molecule has 20 heavy (non-hydrogen) atoms. The zero-order chi connectivity index (χ0) is 14.8. The molecule has 2 rings (SSSR count).